The van der Waals surface area contributed by atoms with E-state index >= 15 is 0 Å². The van der Waals surface area contributed by atoms with Crippen molar-refractivity contribution >= 4 is 74.3 Å². The Hall–Kier alpha value is -3.22. The second-order valence-corrected chi connectivity index (χ2v) is 8.77. The lowest BCUT2D eigenvalue weighted by Crippen LogP contribution is -2.10. The minimum Gasteiger partial charge on any atom is -0.353 e. The van der Waals surface area contributed by atoms with Crippen LogP contribution in [0.5, 0.6) is 0 Å². The zero-order valence-corrected chi connectivity index (χ0v) is 16.0. The van der Waals surface area contributed by atoms with Gasteiger partial charge in [-0.3, -0.25) is 9.59 Å². The third-order valence-electron chi connectivity index (χ3n) is 5.01. The van der Waals surface area contributed by atoms with Crippen LogP contribution in [-0.2, 0) is 0 Å². The number of aromatic amines is 2. The summed E-state index contributed by atoms with van der Waals surface area (Å²) in [5.41, 5.74) is 3.07. The number of aromatic nitrogens is 2. The largest absolute Gasteiger partial charge is 0.353 e. The van der Waals surface area contributed by atoms with Crippen molar-refractivity contribution in [3.63, 3.8) is 0 Å². The Balaban J connectivity index is 2.04. The number of fused-ring (bicyclic) bond motifs is 8. The van der Waals surface area contributed by atoms with Crippen molar-refractivity contribution in [1.29, 1.82) is 0 Å². The van der Waals surface area contributed by atoms with Crippen LogP contribution in [0.4, 0.5) is 0 Å². The standard InChI is InChI=1S/C22H12N2O2S2/c25-13-9-10-14(26)18-17(13)19-21(27-15-7-3-1-5-11(15)23-19)22-20(18)24-12-6-2-4-8-16(12)28-22/h1-10,23-24H. The predicted molar refractivity (Wildman–Crippen MR) is 120 cm³/mol. The van der Waals surface area contributed by atoms with E-state index in [9.17, 15) is 9.59 Å². The SMILES string of the molecule is O=c1ccc(=O)c2c3[nH]c4ccccc4sc3c3sc4ccccc4[nH]c3c12. The first-order valence-corrected chi connectivity index (χ1v) is 10.4. The lowest BCUT2D eigenvalue weighted by molar-refractivity contribution is 1.50. The molecule has 4 aromatic carbocycles. The molecule has 6 aromatic rings. The van der Waals surface area contributed by atoms with Crippen LogP contribution in [0.2, 0.25) is 0 Å². The molecule has 134 valence electrons. The second kappa shape index (κ2) is 5.64. The monoisotopic (exact) mass is 400 g/mol. The minimum atomic E-state index is -0.146. The van der Waals surface area contributed by atoms with Gasteiger partial charge in [0.2, 0.25) is 0 Å². The fourth-order valence-corrected chi connectivity index (χ4v) is 6.10. The Morgan fingerprint density at radius 3 is 1.46 bits per heavy atom. The Morgan fingerprint density at radius 2 is 1.00 bits per heavy atom. The minimum absolute atomic E-state index is 0.146. The lowest BCUT2D eigenvalue weighted by atomic mass is 10.1. The van der Waals surface area contributed by atoms with Gasteiger partial charge in [0.15, 0.2) is 10.9 Å². The molecule has 0 saturated carbocycles. The van der Waals surface area contributed by atoms with E-state index < -0.39 is 0 Å². The summed E-state index contributed by atoms with van der Waals surface area (Å²) >= 11 is 3.27. The van der Waals surface area contributed by atoms with Crippen LogP contribution in [0.1, 0.15) is 0 Å². The van der Waals surface area contributed by atoms with Crippen molar-refractivity contribution in [1.82, 2.24) is 9.97 Å². The predicted octanol–water partition coefficient (Wildman–Crippen LogP) is 5.51. The highest BCUT2D eigenvalue weighted by Crippen LogP contribution is 2.39. The van der Waals surface area contributed by atoms with Crippen molar-refractivity contribution in [2.24, 2.45) is 0 Å². The van der Waals surface area contributed by atoms with Crippen LogP contribution in [0.25, 0.3) is 51.6 Å². The van der Waals surface area contributed by atoms with Crippen molar-refractivity contribution in [2.45, 2.75) is 0 Å². The number of nitrogens with one attached hydrogen (secondary N) is 2. The number of hydrogen-bond acceptors (Lipinski definition) is 4. The molecule has 4 nitrogen and oxygen atoms in total. The molecule has 0 aliphatic heterocycles. The Bertz CT molecular complexity index is 1590. The number of para-hydroxylation sites is 2. The van der Waals surface area contributed by atoms with E-state index in [0.717, 1.165) is 40.9 Å². The average molecular weight is 400 g/mol. The van der Waals surface area contributed by atoms with Gasteiger partial charge in [0.05, 0.1) is 51.6 Å². The van der Waals surface area contributed by atoms with E-state index in [1.54, 1.807) is 22.7 Å². The second-order valence-electron chi connectivity index (χ2n) is 6.67. The molecule has 2 heterocycles. The van der Waals surface area contributed by atoms with Gasteiger partial charge in [0, 0.05) is 0 Å². The molecule has 0 amide bonds. The molecule has 2 N–H and O–H groups in total. The molecule has 0 aliphatic rings. The third-order valence-corrected chi connectivity index (χ3v) is 7.51. The summed E-state index contributed by atoms with van der Waals surface area (Å²) in [5, 5.41) is 0.909. The highest BCUT2D eigenvalue weighted by molar-refractivity contribution is 7.32. The van der Waals surface area contributed by atoms with Crippen molar-refractivity contribution in [3.05, 3.63) is 81.1 Å². The molecule has 28 heavy (non-hydrogen) atoms. The van der Waals surface area contributed by atoms with Gasteiger partial charge in [-0.2, -0.15) is 0 Å². The molecular formula is C22H12N2O2S2. The van der Waals surface area contributed by atoms with Gasteiger partial charge in [-0.05, 0) is 36.4 Å². The van der Waals surface area contributed by atoms with Crippen molar-refractivity contribution in [3.8, 4) is 0 Å². The number of benzene rings is 4. The Kier molecular flexibility index (Phi) is 3.18. The first-order chi connectivity index (χ1) is 13.7. The molecule has 0 unspecified atom stereocenters. The van der Waals surface area contributed by atoms with Crippen LogP contribution in [0.3, 0.4) is 0 Å². The van der Waals surface area contributed by atoms with E-state index in [-0.39, 0.29) is 10.9 Å². The molecule has 0 spiro atoms. The van der Waals surface area contributed by atoms with Crippen LogP contribution < -0.4 is 10.9 Å². The maximum Gasteiger partial charge on any atom is 0.188 e. The Morgan fingerprint density at radius 1 is 0.571 bits per heavy atom. The van der Waals surface area contributed by atoms with Gasteiger partial charge in [-0.25, -0.2) is 0 Å². The topological polar surface area (TPSA) is 65.7 Å². The molecular weight excluding hydrogens is 388 g/mol. The molecule has 2 aromatic heterocycles. The summed E-state index contributed by atoms with van der Waals surface area (Å²) in [6.07, 6.45) is 0. The number of H-pyrrole nitrogens is 2. The van der Waals surface area contributed by atoms with Gasteiger partial charge in [-0.1, -0.05) is 24.3 Å². The normalized spacial score (nSPS) is 11.9. The van der Waals surface area contributed by atoms with E-state index in [2.05, 4.69) is 22.1 Å². The first-order valence-electron chi connectivity index (χ1n) is 8.79. The summed E-state index contributed by atoms with van der Waals surface area (Å²) in [5.74, 6) is 0. The van der Waals surface area contributed by atoms with Gasteiger partial charge in [-0.15, -0.1) is 22.7 Å². The van der Waals surface area contributed by atoms with Gasteiger partial charge in [0.1, 0.15) is 0 Å². The van der Waals surface area contributed by atoms with Crippen molar-refractivity contribution in [2.75, 3.05) is 0 Å². The molecule has 0 aliphatic carbocycles. The lowest BCUT2D eigenvalue weighted by Gasteiger charge is -2.11. The summed E-state index contributed by atoms with van der Waals surface area (Å²) in [4.78, 5) is 32.5. The molecule has 0 atom stereocenters. The smallest absolute Gasteiger partial charge is 0.188 e. The molecule has 0 radical (unpaired) electrons. The number of hydrogen-bond donors (Lipinski definition) is 2. The fourth-order valence-electron chi connectivity index (χ4n) is 3.76. The van der Waals surface area contributed by atoms with Crippen LogP contribution in [-0.4, -0.2) is 9.97 Å². The van der Waals surface area contributed by atoms with Crippen LogP contribution in [0, 0.1) is 0 Å². The van der Waals surface area contributed by atoms with Gasteiger partial charge in [0.25, 0.3) is 0 Å². The maximum absolute atomic E-state index is 12.8. The van der Waals surface area contributed by atoms with E-state index in [0.29, 0.717) is 10.8 Å². The van der Waals surface area contributed by atoms with Gasteiger partial charge >= 0.3 is 0 Å². The van der Waals surface area contributed by atoms with Gasteiger partial charge < -0.3 is 9.97 Å². The molecule has 6 rings (SSSR count). The number of rotatable bonds is 0. The highest BCUT2D eigenvalue weighted by atomic mass is 32.1. The third kappa shape index (κ3) is 2.10. The zero-order valence-electron chi connectivity index (χ0n) is 14.4. The maximum atomic E-state index is 12.8. The Labute approximate surface area is 165 Å². The summed E-state index contributed by atoms with van der Waals surface area (Å²) < 4.78 is 4.16. The fraction of sp³-hybridized carbons (Fsp3) is 0. The molecule has 0 saturated heterocycles. The average Bonchev–Trinajstić information content (AvgIpc) is 2.73. The molecule has 0 bridgehead atoms. The molecule has 6 heteroatoms. The highest BCUT2D eigenvalue weighted by Gasteiger charge is 2.17. The van der Waals surface area contributed by atoms with E-state index in [4.69, 9.17) is 0 Å². The summed E-state index contributed by atoms with van der Waals surface area (Å²) in [6.45, 7) is 0. The van der Waals surface area contributed by atoms with E-state index in [1.807, 2.05) is 36.4 Å². The van der Waals surface area contributed by atoms with Crippen LogP contribution in [0.15, 0.2) is 70.3 Å². The quantitative estimate of drug-likeness (QED) is 0.261. The zero-order chi connectivity index (χ0) is 18.8. The summed E-state index contributed by atoms with van der Waals surface area (Å²) in [6, 6.07) is 18.8. The molecule has 0 fully saturated rings. The summed E-state index contributed by atoms with van der Waals surface area (Å²) in [7, 11) is 0. The van der Waals surface area contributed by atoms with E-state index in [1.165, 1.54) is 12.1 Å². The van der Waals surface area contributed by atoms with Crippen LogP contribution >= 0.6 is 22.7 Å². The first kappa shape index (κ1) is 15.8. The van der Waals surface area contributed by atoms with Crippen molar-refractivity contribution < 1.29 is 0 Å².